The standard InChI is InChI=1S/C12H12F2N4O/c1-2-7-5-10(18-17-7)16-12(19)8-3-6(13)4-9(15)11(8)14/h3-5H,2,15H2,1H3,(H2,16,17,18,19). The molecular weight excluding hydrogens is 254 g/mol. The molecule has 0 aliphatic heterocycles. The molecule has 0 unspecified atom stereocenters. The van der Waals surface area contributed by atoms with Crippen molar-refractivity contribution < 1.29 is 13.6 Å². The Morgan fingerprint density at radius 1 is 1.42 bits per heavy atom. The summed E-state index contributed by atoms with van der Waals surface area (Å²) in [4.78, 5) is 11.8. The Hall–Kier alpha value is -2.44. The van der Waals surface area contributed by atoms with Gasteiger partial charge in [-0.2, -0.15) is 5.10 Å². The number of aromatic nitrogens is 2. The molecule has 0 aliphatic carbocycles. The fourth-order valence-electron chi connectivity index (χ4n) is 1.57. The normalized spacial score (nSPS) is 10.5. The number of H-pyrrole nitrogens is 1. The number of amides is 1. The zero-order valence-corrected chi connectivity index (χ0v) is 10.1. The van der Waals surface area contributed by atoms with Crippen molar-refractivity contribution in [2.45, 2.75) is 13.3 Å². The molecule has 0 saturated carbocycles. The molecule has 0 radical (unpaired) electrons. The minimum Gasteiger partial charge on any atom is -0.396 e. The van der Waals surface area contributed by atoms with E-state index in [0.717, 1.165) is 17.8 Å². The van der Waals surface area contributed by atoms with Crippen LogP contribution in [0.2, 0.25) is 0 Å². The van der Waals surface area contributed by atoms with Crippen molar-refractivity contribution in [3.63, 3.8) is 0 Å². The van der Waals surface area contributed by atoms with E-state index in [1.54, 1.807) is 6.07 Å². The van der Waals surface area contributed by atoms with Crippen LogP contribution in [0.25, 0.3) is 0 Å². The Morgan fingerprint density at radius 3 is 2.79 bits per heavy atom. The van der Waals surface area contributed by atoms with Gasteiger partial charge in [0.2, 0.25) is 0 Å². The highest BCUT2D eigenvalue weighted by Crippen LogP contribution is 2.18. The van der Waals surface area contributed by atoms with Gasteiger partial charge in [-0.05, 0) is 18.6 Å². The van der Waals surface area contributed by atoms with Crippen molar-refractivity contribution in [3.05, 3.63) is 41.1 Å². The van der Waals surface area contributed by atoms with Crippen LogP contribution < -0.4 is 11.1 Å². The van der Waals surface area contributed by atoms with E-state index in [1.165, 1.54) is 0 Å². The molecular formula is C12H12F2N4O. The van der Waals surface area contributed by atoms with Crippen molar-refractivity contribution >= 4 is 17.4 Å². The maximum atomic E-state index is 13.6. The maximum Gasteiger partial charge on any atom is 0.260 e. The SMILES string of the molecule is CCc1cc(NC(=O)c2cc(F)cc(N)c2F)n[nH]1. The van der Waals surface area contributed by atoms with E-state index in [1.807, 2.05) is 6.92 Å². The van der Waals surface area contributed by atoms with E-state index < -0.39 is 28.8 Å². The van der Waals surface area contributed by atoms with E-state index in [9.17, 15) is 13.6 Å². The lowest BCUT2D eigenvalue weighted by Crippen LogP contribution is -2.15. The lowest BCUT2D eigenvalue weighted by Gasteiger charge is -2.05. The maximum absolute atomic E-state index is 13.6. The topological polar surface area (TPSA) is 83.8 Å². The summed E-state index contributed by atoms with van der Waals surface area (Å²) in [6.07, 6.45) is 0.712. The number of anilines is 2. The molecule has 7 heteroatoms. The number of hydrogen-bond donors (Lipinski definition) is 3. The average molecular weight is 266 g/mol. The van der Waals surface area contributed by atoms with Crippen LogP contribution in [0, 0.1) is 11.6 Å². The van der Waals surface area contributed by atoms with Gasteiger partial charge in [-0.3, -0.25) is 9.89 Å². The molecule has 0 spiro atoms. The third kappa shape index (κ3) is 2.70. The summed E-state index contributed by atoms with van der Waals surface area (Å²) in [7, 11) is 0. The summed E-state index contributed by atoms with van der Waals surface area (Å²) >= 11 is 0. The van der Waals surface area contributed by atoms with Gasteiger partial charge in [0.1, 0.15) is 5.82 Å². The average Bonchev–Trinajstić information content (AvgIpc) is 2.81. The molecule has 19 heavy (non-hydrogen) atoms. The number of nitrogen functional groups attached to an aromatic ring is 1. The molecule has 5 nitrogen and oxygen atoms in total. The van der Waals surface area contributed by atoms with Gasteiger partial charge in [-0.1, -0.05) is 6.92 Å². The Balaban J connectivity index is 2.25. The number of hydrogen-bond acceptors (Lipinski definition) is 3. The zero-order valence-electron chi connectivity index (χ0n) is 10.1. The number of aromatic amines is 1. The fraction of sp³-hybridized carbons (Fsp3) is 0.167. The van der Waals surface area contributed by atoms with E-state index in [0.29, 0.717) is 6.42 Å². The second-order valence-corrected chi connectivity index (χ2v) is 3.94. The summed E-state index contributed by atoms with van der Waals surface area (Å²) < 4.78 is 26.7. The molecule has 2 aromatic rings. The minimum absolute atomic E-state index is 0.240. The Labute approximate surface area is 107 Å². The van der Waals surface area contributed by atoms with Gasteiger partial charge in [-0.25, -0.2) is 8.78 Å². The van der Waals surface area contributed by atoms with E-state index >= 15 is 0 Å². The van der Waals surface area contributed by atoms with Crippen LogP contribution in [0.1, 0.15) is 23.0 Å². The first-order valence-electron chi connectivity index (χ1n) is 5.61. The van der Waals surface area contributed by atoms with Crippen molar-refractivity contribution in [2.75, 3.05) is 11.1 Å². The van der Waals surface area contributed by atoms with Crippen molar-refractivity contribution in [1.29, 1.82) is 0 Å². The predicted octanol–water partition coefficient (Wildman–Crippen LogP) is 2.08. The minimum atomic E-state index is -0.954. The summed E-state index contributed by atoms with van der Waals surface area (Å²) in [6, 6.07) is 3.21. The molecule has 1 aromatic carbocycles. The Kier molecular flexibility index (Phi) is 3.46. The molecule has 1 amide bonds. The lowest BCUT2D eigenvalue weighted by atomic mass is 10.1. The van der Waals surface area contributed by atoms with Crippen LogP contribution in [0.4, 0.5) is 20.3 Å². The van der Waals surface area contributed by atoms with Crippen LogP contribution in [-0.4, -0.2) is 16.1 Å². The van der Waals surface area contributed by atoms with Crippen molar-refractivity contribution in [3.8, 4) is 0 Å². The fourth-order valence-corrected chi connectivity index (χ4v) is 1.57. The number of rotatable bonds is 3. The zero-order chi connectivity index (χ0) is 14.0. The first-order valence-corrected chi connectivity index (χ1v) is 5.61. The van der Waals surface area contributed by atoms with Crippen LogP contribution >= 0.6 is 0 Å². The van der Waals surface area contributed by atoms with Gasteiger partial charge in [-0.15, -0.1) is 0 Å². The molecule has 0 fully saturated rings. The van der Waals surface area contributed by atoms with Crippen LogP contribution in [0.3, 0.4) is 0 Å². The second-order valence-electron chi connectivity index (χ2n) is 3.94. The monoisotopic (exact) mass is 266 g/mol. The molecule has 1 aromatic heterocycles. The molecule has 4 N–H and O–H groups in total. The number of carbonyl (C=O) groups excluding carboxylic acids is 1. The molecule has 0 bridgehead atoms. The van der Waals surface area contributed by atoms with Crippen LogP contribution in [-0.2, 0) is 6.42 Å². The lowest BCUT2D eigenvalue weighted by molar-refractivity contribution is 0.102. The molecule has 100 valence electrons. The highest BCUT2D eigenvalue weighted by Gasteiger charge is 2.17. The predicted molar refractivity (Wildman–Crippen MR) is 66.7 cm³/mol. The van der Waals surface area contributed by atoms with Gasteiger partial charge >= 0.3 is 0 Å². The third-order valence-corrected chi connectivity index (χ3v) is 2.56. The highest BCUT2D eigenvalue weighted by molar-refractivity contribution is 6.04. The van der Waals surface area contributed by atoms with Crippen molar-refractivity contribution in [2.24, 2.45) is 0 Å². The van der Waals surface area contributed by atoms with E-state index in [4.69, 9.17) is 5.73 Å². The first-order chi connectivity index (χ1) is 9.01. The molecule has 0 atom stereocenters. The van der Waals surface area contributed by atoms with Gasteiger partial charge in [0.25, 0.3) is 5.91 Å². The molecule has 0 saturated heterocycles. The van der Waals surface area contributed by atoms with Gasteiger partial charge < -0.3 is 11.1 Å². The smallest absolute Gasteiger partial charge is 0.260 e. The summed E-state index contributed by atoms with van der Waals surface area (Å²) in [6.45, 7) is 1.91. The Bertz CT molecular complexity index is 624. The largest absolute Gasteiger partial charge is 0.396 e. The Morgan fingerprint density at radius 2 is 2.16 bits per heavy atom. The number of nitrogens with two attached hydrogens (primary N) is 1. The quantitative estimate of drug-likeness (QED) is 0.744. The van der Waals surface area contributed by atoms with E-state index in [2.05, 4.69) is 15.5 Å². The second kappa shape index (κ2) is 5.05. The summed E-state index contributed by atoms with van der Waals surface area (Å²) in [5, 5.41) is 8.88. The third-order valence-electron chi connectivity index (χ3n) is 2.56. The molecule has 0 aliphatic rings. The first kappa shape index (κ1) is 13.0. The number of nitrogens with zero attached hydrogens (tertiary/aromatic N) is 1. The van der Waals surface area contributed by atoms with Gasteiger partial charge in [0, 0.05) is 11.8 Å². The number of aryl methyl sites for hydroxylation is 1. The van der Waals surface area contributed by atoms with E-state index in [-0.39, 0.29) is 5.82 Å². The number of carbonyl (C=O) groups is 1. The number of halogens is 2. The van der Waals surface area contributed by atoms with Crippen molar-refractivity contribution in [1.82, 2.24) is 10.2 Å². The van der Waals surface area contributed by atoms with Gasteiger partial charge in [0.05, 0.1) is 11.3 Å². The molecule has 2 rings (SSSR count). The van der Waals surface area contributed by atoms with Crippen LogP contribution in [0.15, 0.2) is 18.2 Å². The number of benzene rings is 1. The molecule has 1 heterocycles. The van der Waals surface area contributed by atoms with Crippen LogP contribution in [0.5, 0.6) is 0 Å². The van der Waals surface area contributed by atoms with Gasteiger partial charge in [0.15, 0.2) is 11.6 Å². The number of nitrogens with one attached hydrogen (secondary N) is 2. The summed E-state index contributed by atoms with van der Waals surface area (Å²) in [5.74, 6) is -2.30. The summed E-state index contributed by atoms with van der Waals surface area (Å²) in [5.41, 5.74) is 5.20. The highest BCUT2D eigenvalue weighted by atomic mass is 19.1.